The fourth-order valence-electron chi connectivity index (χ4n) is 1.35. The van der Waals surface area contributed by atoms with Crippen molar-refractivity contribution in [2.75, 3.05) is 13.6 Å². The maximum atomic E-state index is 12.1. The number of likely N-dealkylation sites (N-methyl/N-ethyl adjacent to an activating group) is 1. The van der Waals surface area contributed by atoms with Crippen molar-refractivity contribution >= 4 is 21.6 Å². The van der Waals surface area contributed by atoms with Gasteiger partial charge in [0.25, 0.3) is 0 Å². The van der Waals surface area contributed by atoms with E-state index in [9.17, 15) is 13.5 Å². The second-order valence-electron chi connectivity index (χ2n) is 4.38. The third-order valence-corrected chi connectivity index (χ3v) is 4.30. The van der Waals surface area contributed by atoms with Crippen molar-refractivity contribution in [2.45, 2.75) is 24.3 Å². The van der Waals surface area contributed by atoms with Gasteiger partial charge in [0.15, 0.2) is 0 Å². The summed E-state index contributed by atoms with van der Waals surface area (Å²) in [6.07, 6.45) is 2.61. The molecular formula is C10H15ClN2O3S. The van der Waals surface area contributed by atoms with E-state index in [4.69, 9.17) is 11.6 Å². The lowest BCUT2D eigenvalue weighted by Gasteiger charge is -2.25. The van der Waals surface area contributed by atoms with Crippen LogP contribution in [0.1, 0.15) is 13.8 Å². The minimum atomic E-state index is -3.72. The highest BCUT2D eigenvalue weighted by Crippen LogP contribution is 2.23. The molecule has 0 spiro atoms. The van der Waals surface area contributed by atoms with E-state index in [-0.39, 0.29) is 16.5 Å². The third kappa shape index (κ3) is 3.64. The van der Waals surface area contributed by atoms with Crippen LogP contribution in [0.4, 0.5) is 0 Å². The average Bonchev–Trinajstić information content (AvgIpc) is 2.15. The molecule has 0 aliphatic carbocycles. The van der Waals surface area contributed by atoms with Crippen LogP contribution in [0.2, 0.25) is 5.02 Å². The summed E-state index contributed by atoms with van der Waals surface area (Å²) in [7, 11) is -2.34. The lowest BCUT2D eigenvalue weighted by Crippen LogP contribution is -2.39. The van der Waals surface area contributed by atoms with E-state index >= 15 is 0 Å². The fraction of sp³-hybridized carbons (Fsp3) is 0.500. The number of pyridine rings is 1. The van der Waals surface area contributed by atoms with E-state index < -0.39 is 15.6 Å². The Morgan fingerprint density at radius 2 is 2.12 bits per heavy atom. The molecule has 1 heterocycles. The zero-order valence-electron chi connectivity index (χ0n) is 9.88. The van der Waals surface area contributed by atoms with Crippen LogP contribution in [-0.4, -0.2) is 42.0 Å². The first-order valence-electron chi connectivity index (χ1n) is 4.93. The van der Waals surface area contributed by atoms with Crippen LogP contribution < -0.4 is 0 Å². The summed E-state index contributed by atoms with van der Waals surface area (Å²) in [5.74, 6) is 0. The van der Waals surface area contributed by atoms with Gasteiger partial charge in [-0.25, -0.2) is 8.42 Å². The molecule has 0 bridgehead atoms. The molecule has 7 heteroatoms. The second-order valence-corrected chi connectivity index (χ2v) is 6.80. The van der Waals surface area contributed by atoms with E-state index in [0.717, 1.165) is 4.31 Å². The van der Waals surface area contributed by atoms with Crippen LogP contribution in [0.15, 0.2) is 23.4 Å². The normalized spacial score (nSPS) is 13.1. The molecule has 17 heavy (non-hydrogen) atoms. The molecule has 0 atom stereocenters. The van der Waals surface area contributed by atoms with Crippen molar-refractivity contribution in [1.29, 1.82) is 0 Å². The standard InChI is InChI=1S/C10H15ClN2O3S/c1-10(2,14)7-13(3)17(15,16)9-6-12-5-4-8(9)11/h4-6,14H,7H2,1-3H3. The molecule has 96 valence electrons. The number of aromatic nitrogens is 1. The van der Waals surface area contributed by atoms with Gasteiger partial charge in [-0.2, -0.15) is 4.31 Å². The topological polar surface area (TPSA) is 70.5 Å². The number of rotatable bonds is 4. The van der Waals surface area contributed by atoms with Crippen molar-refractivity contribution in [2.24, 2.45) is 0 Å². The zero-order chi connectivity index (χ0) is 13.3. The molecular weight excluding hydrogens is 264 g/mol. The minimum absolute atomic E-state index is 0.0272. The van der Waals surface area contributed by atoms with Gasteiger partial charge in [-0.1, -0.05) is 11.6 Å². The van der Waals surface area contributed by atoms with E-state index in [1.165, 1.54) is 39.4 Å². The van der Waals surface area contributed by atoms with Crippen molar-refractivity contribution < 1.29 is 13.5 Å². The Morgan fingerprint density at radius 3 is 2.59 bits per heavy atom. The van der Waals surface area contributed by atoms with Crippen LogP contribution in [0.25, 0.3) is 0 Å². The van der Waals surface area contributed by atoms with E-state index in [1.54, 1.807) is 0 Å². The number of halogens is 1. The molecule has 1 aromatic heterocycles. The number of hydrogen-bond acceptors (Lipinski definition) is 4. The molecule has 0 saturated carbocycles. The lowest BCUT2D eigenvalue weighted by molar-refractivity contribution is 0.0640. The maximum absolute atomic E-state index is 12.1. The number of hydrogen-bond donors (Lipinski definition) is 1. The fourth-order valence-corrected chi connectivity index (χ4v) is 3.08. The van der Waals surface area contributed by atoms with Gasteiger partial charge in [-0.05, 0) is 19.9 Å². The average molecular weight is 279 g/mol. The molecule has 0 aliphatic heterocycles. The van der Waals surface area contributed by atoms with Crippen molar-refractivity contribution in [1.82, 2.24) is 9.29 Å². The third-order valence-electron chi connectivity index (χ3n) is 2.03. The molecule has 0 unspecified atom stereocenters. The molecule has 1 rings (SSSR count). The molecule has 0 amide bonds. The van der Waals surface area contributed by atoms with Crippen molar-refractivity contribution in [3.05, 3.63) is 23.5 Å². The summed E-state index contributed by atoms with van der Waals surface area (Å²) in [5.41, 5.74) is -1.11. The molecule has 5 nitrogen and oxygen atoms in total. The Kier molecular flexibility index (Phi) is 4.14. The first-order chi connectivity index (χ1) is 7.64. The van der Waals surface area contributed by atoms with E-state index in [0.29, 0.717) is 0 Å². The van der Waals surface area contributed by atoms with E-state index in [1.807, 2.05) is 0 Å². The molecule has 0 aromatic carbocycles. The number of aliphatic hydroxyl groups is 1. The Bertz CT molecular complexity index is 497. The summed E-state index contributed by atoms with van der Waals surface area (Å²) >= 11 is 5.82. The quantitative estimate of drug-likeness (QED) is 0.896. The SMILES string of the molecule is CN(CC(C)(C)O)S(=O)(=O)c1cnccc1Cl. The first kappa shape index (κ1) is 14.4. The number of sulfonamides is 1. The molecule has 0 saturated heterocycles. The summed E-state index contributed by atoms with van der Waals surface area (Å²) in [6.45, 7) is 3.04. The number of nitrogens with zero attached hydrogens (tertiary/aromatic N) is 2. The Morgan fingerprint density at radius 1 is 1.53 bits per heavy atom. The Hall–Kier alpha value is -0.690. The van der Waals surface area contributed by atoms with Gasteiger partial charge >= 0.3 is 0 Å². The van der Waals surface area contributed by atoms with Gasteiger partial charge in [0, 0.05) is 26.0 Å². The van der Waals surface area contributed by atoms with Crippen LogP contribution in [0.5, 0.6) is 0 Å². The molecule has 0 radical (unpaired) electrons. The van der Waals surface area contributed by atoms with Gasteiger partial charge in [0.1, 0.15) is 4.90 Å². The molecule has 1 aromatic rings. The van der Waals surface area contributed by atoms with Crippen LogP contribution in [-0.2, 0) is 10.0 Å². The highest BCUT2D eigenvalue weighted by Gasteiger charge is 2.28. The Balaban J connectivity index is 3.09. The zero-order valence-corrected chi connectivity index (χ0v) is 11.5. The van der Waals surface area contributed by atoms with E-state index in [2.05, 4.69) is 4.98 Å². The van der Waals surface area contributed by atoms with Crippen molar-refractivity contribution in [3.63, 3.8) is 0 Å². The maximum Gasteiger partial charge on any atom is 0.245 e. The van der Waals surface area contributed by atoms with Gasteiger partial charge < -0.3 is 5.11 Å². The summed E-state index contributed by atoms with van der Waals surface area (Å²) in [4.78, 5) is 3.68. The minimum Gasteiger partial charge on any atom is -0.389 e. The summed E-state index contributed by atoms with van der Waals surface area (Å²) in [5, 5.41) is 9.73. The van der Waals surface area contributed by atoms with Gasteiger partial charge in [-0.15, -0.1) is 0 Å². The van der Waals surface area contributed by atoms with Crippen LogP contribution in [0, 0.1) is 0 Å². The van der Waals surface area contributed by atoms with Gasteiger partial charge in [0.05, 0.1) is 10.6 Å². The largest absolute Gasteiger partial charge is 0.389 e. The van der Waals surface area contributed by atoms with Crippen LogP contribution >= 0.6 is 11.6 Å². The monoisotopic (exact) mass is 278 g/mol. The second kappa shape index (κ2) is 4.89. The predicted octanol–water partition coefficient (Wildman–Crippen LogP) is 1.13. The lowest BCUT2D eigenvalue weighted by atomic mass is 10.1. The smallest absolute Gasteiger partial charge is 0.245 e. The summed E-state index contributed by atoms with van der Waals surface area (Å²) < 4.78 is 25.3. The molecule has 0 fully saturated rings. The van der Waals surface area contributed by atoms with Gasteiger partial charge in [-0.3, -0.25) is 4.98 Å². The highest BCUT2D eigenvalue weighted by atomic mass is 35.5. The molecule has 0 aliphatic rings. The van der Waals surface area contributed by atoms with Crippen LogP contribution in [0.3, 0.4) is 0 Å². The van der Waals surface area contributed by atoms with Crippen molar-refractivity contribution in [3.8, 4) is 0 Å². The Labute approximate surface area is 106 Å². The summed E-state index contributed by atoms with van der Waals surface area (Å²) in [6, 6.07) is 1.41. The molecule has 1 N–H and O–H groups in total. The highest BCUT2D eigenvalue weighted by molar-refractivity contribution is 7.89. The first-order valence-corrected chi connectivity index (χ1v) is 6.74. The van der Waals surface area contributed by atoms with Gasteiger partial charge in [0.2, 0.25) is 10.0 Å². The predicted molar refractivity (Wildman–Crippen MR) is 65.4 cm³/mol.